The van der Waals surface area contributed by atoms with E-state index in [4.69, 9.17) is 0 Å². The van der Waals surface area contributed by atoms with Crippen molar-refractivity contribution >= 4 is 17.7 Å². The van der Waals surface area contributed by atoms with Gasteiger partial charge in [-0.1, -0.05) is 31.4 Å². The van der Waals surface area contributed by atoms with Gasteiger partial charge in [-0.15, -0.1) is 0 Å². The fraction of sp³-hybridized carbons (Fsp3) is 0.562. The van der Waals surface area contributed by atoms with Gasteiger partial charge in [0.25, 0.3) is 5.91 Å². The molecule has 104 valence electrons. The van der Waals surface area contributed by atoms with Crippen LogP contribution in [0.1, 0.15) is 48.0 Å². The van der Waals surface area contributed by atoms with Gasteiger partial charge >= 0.3 is 0 Å². The lowest BCUT2D eigenvalue weighted by Crippen LogP contribution is -2.38. The van der Waals surface area contributed by atoms with Crippen molar-refractivity contribution in [2.75, 3.05) is 13.3 Å². The molecule has 1 aromatic carbocycles. The molecule has 0 radical (unpaired) electrons. The third-order valence-corrected chi connectivity index (χ3v) is 4.58. The van der Waals surface area contributed by atoms with Gasteiger partial charge in [-0.3, -0.25) is 4.79 Å². The highest BCUT2D eigenvalue weighted by atomic mass is 32.2. The Balaban J connectivity index is 2.01. The van der Waals surface area contributed by atoms with E-state index in [1.807, 2.05) is 24.1 Å². The van der Waals surface area contributed by atoms with Crippen LogP contribution in [0.5, 0.6) is 0 Å². The SMILES string of the molecule is CSCc1ccc(C(=O)N(C)C2CCCCC2)cc1. The first-order valence-corrected chi connectivity index (χ1v) is 8.47. The third-order valence-electron chi connectivity index (χ3n) is 3.95. The van der Waals surface area contributed by atoms with Gasteiger partial charge in [-0.05, 0) is 36.8 Å². The number of thioether (sulfide) groups is 1. The maximum absolute atomic E-state index is 12.4. The minimum absolute atomic E-state index is 0.169. The second-order valence-electron chi connectivity index (χ2n) is 5.34. The van der Waals surface area contributed by atoms with Crippen LogP contribution in [-0.4, -0.2) is 30.2 Å². The van der Waals surface area contributed by atoms with Gasteiger partial charge in [-0.25, -0.2) is 0 Å². The van der Waals surface area contributed by atoms with Gasteiger partial charge in [0.2, 0.25) is 0 Å². The van der Waals surface area contributed by atoms with Crippen LogP contribution in [0.25, 0.3) is 0 Å². The monoisotopic (exact) mass is 277 g/mol. The van der Waals surface area contributed by atoms with Crippen molar-refractivity contribution in [1.29, 1.82) is 0 Å². The number of benzene rings is 1. The van der Waals surface area contributed by atoms with Crippen LogP contribution < -0.4 is 0 Å². The number of hydrogen-bond donors (Lipinski definition) is 0. The maximum atomic E-state index is 12.4. The lowest BCUT2D eigenvalue weighted by Gasteiger charge is -2.31. The molecule has 3 heteroatoms. The highest BCUT2D eigenvalue weighted by molar-refractivity contribution is 7.97. The summed E-state index contributed by atoms with van der Waals surface area (Å²) in [5, 5.41) is 0. The fourth-order valence-corrected chi connectivity index (χ4v) is 3.27. The molecule has 0 aromatic heterocycles. The number of carbonyl (C=O) groups excluding carboxylic acids is 1. The van der Waals surface area contributed by atoms with Crippen LogP contribution >= 0.6 is 11.8 Å². The first-order chi connectivity index (χ1) is 9.22. The van der Waals surface area contributed by atoms with Gasteiger partial charge in [0.15, 0.2) is 0 Å². The van der Waals surface area contributed by atoms with Gasteiger partial charge < -0.3 is 4.90 Å². The van der Waals surface area contributed by atoms with E-state index in [0.717, 1.165) is 24.2 Å². The average Bonchev–Trinajstić information content (AvgIpc) is 2.48. The van der Waals surface area contributed by atoms with Crippen LogP contribution in [0.2, 0.25) is 0 Å². The van der Waals surface area contributed by atoms with E-state index < -0.39 is 0 Å². The van der Waals surface area contributed by atoms with E-state index in [-0.39, 0.29) is 5.91 Å². The second-order valence-corrected chi connectivity index (χ2v) is 6.20. The Bertz CT molecular complexity index is 409. The summed E-state index contributed by atoms with van der Waals surface area (Å²) in [6, 6.07) is 8.50. The van der Waals surface area contributed by atoms with Crippen molar-refractivity contribution in [3.05, 3.63) is 35.4 Å². The zero-order chi connectivity index (χ0) is 13.7. The van der Waals surface area contributed by atoms with Crippen LogP contribution in [0.4, 0.5) is 0 Å². The molecule has 19 heavy (non-hydrogen) atoms. The fourth-order valence-electron chi connectivity index (χ4n) is 2.75. The molecule has 0 bridgehead atoms. The Hall–Kier alpha value is -0.960. The van der Waals surface area contributed by atoms with Crippen LogP contribution in [0, 0.1) is 0 Å². The summed E-state index contributed by atoms with van der Waals surface area (Å²) in [5.74, 6) is 1.18. The molecule has 1 fully saturated rings. The first kappa shape index (κ1) is 14.4. The average molecular weight is 277 g/mol. The molecule has 1 amide bonds. The van der Waals surface area contributed by atoms with Gasteiger partial charge in [0.1, 0.15) is 0 Å². The summed E-state index contributed by atoms with van der Waals surface area (Å²) in [6.07, 6.45) is 8.25. The predicted molar refractivity (Wildman–Crippen MR) is 82.6 cm³/mol. The number of rotatable bonds is 4. The minimum Gasteiger partial charge on any atom is -0.339 e. The molecule has 0 unspecified atom stereocenters. The Morgan fingerprint density at radius 3 is 2.42 bits per heavy atom. The van der Waals surface area contributed by atoms with Gasteiger partial charge in [0.05, 0.1) is 0 Å². The van der Waals surface area contributed by atoms with Crippen LogP contribution in [-0.2, 0) is 5.75 Å². The van der Waals surface area contributed by atoms with E-state index in [1.54, 1.807) is 11.8 Å². The molecule has 0 saturated heterocycles. The quantitative estimate of drug-likeness (QED) is 0.830. The molecular formula is C16H23NOS. The molecule has 1 saturated carbocycles. The van der Waals surface area contributed by atoms with Crippen molar-refractivity contribution in [2.45, 2.75) is 43.9 Å². The molecule has 0 spiro atoms. The normalized spacial score (nSPS) is 16.3. The molecule has 0 atom stereocenters. The number of nitrogens with zero attached hydrogens (tertiary/aromatic N) is 1. The van der Waals surface area contributed by atoms with E-state index in [2.05, 4.69) is 18.4 Å². The Labute approximate surface area is 120 Å². The van der Waals surface area contributed by atoms with Gasteiger partial charge in [0, 0.05) is 24.4 Å². The highest BCUT2D eigenvalue weighted by Gasteiger charge is 2.22. The smallest absolute Gasteiger partial charge is 0.253 e. The topological polar surface area (TPSA) is 20.3 Å². The minimum atomic E-state index is 0.169. The standard InChI is InChI=1S/C16H23NOS/c1-17(15-6-4-3-5-7-15)16(18)14-10-8-13(9-11-14)12-19-2/h8-11,15H,3-7,12H2,1-2H3. The number of amides is 1. The second kappa shape index (κ2) is 6.99. The summed E-state index contributed by atoms with van der Waals surface area (Å²) >= 11 is 1.80. The first-order valence-electron chi connectivity index (χ1n) is 7.07. The number of carbonyl (C=O) groups is 1. The molecule has 1 aliphatic rings. The summed E-state index contributed by atoms with van der Waals surface area (Å²) in [6.45, 7) is 0. The lowest BCUT2D eigenvalue weighted by molar-refractivity contribution is 0.0696. The van der Waals surface area contributed by atoms with Gasteiger partial charge in [-0.2, -0.15) is 11.8 Å². The van der Waals surface area contributed by atoms with Crippen molar-refractivity contribution in [3.63, 3.8) is 0 Å². The molecule has 0 heterocycles. The lowest BCUT2D eigenvalue weighted by atomic mass is 9.94. The van der Waals surface area contributed by atoms with Crippen LogP contribution in [0.3, 0.4) is 0 Å². The zero-order valence-corrected chi connectivity index (χ0v) is 12.7. The Morgan fingerprint density at radius 2 is 1.84 bits per heavy atom. The molecule has 0 N–H and O–H groups in total. The third kappa shape index (κ3) is 3.75. The summed E-state index contributed by atoms with van der Waals surface area (Å²) in [7, 11) is 1.95. The van der Waals surface area contributed by atoms with Crippen LogP contribution in [0.15, 0.2) is 24.3 Å². The van der Waals surface area contributed by atoms with E-state index in [1.165, 1.54) is 24.8 Å². The van der Waals surface area contributed by atoms with E-state index in [9.17, 15) is 4.79 Å². The molecule has 1 aromatic rings. The molecule has 2 nitrogen and oxygen atoms in total. The molecule has 2 rings (SSSR count). The summed E-state index contributed by atoms with van der Waals surface area (Å²) in [4.78, 5) is 14.4. The summed E-state index contributed by atoms with van der Waals surface area (Å²) in [5.41, 5.74) is 2.10. The van der Waals surface area contributed by atoms with E-state index in [0.29, 0.717) is 6.04 Å². The maximum Gasteiger partial charge on any atom is 0.253 e. The Morgan fingerprint density at radius 1 is 1.21 bits per heavy atom. The molecule has 1 aliphatic carbocycles. The largest absolute Gasteiger partial charge is 0.339 e. The Kier molecular flexibility index (Phi) is 5.32. The predicted octanol–water partition coefficient (Wildman–Crippen LogP) is 3.95. The van der Waals surface area contributed by atoms with Crippen molar-refractivity contribution < 1.29 is 4.79 Å². The molecule has 0 aliphatic heterocycles. The van der Waals surface area contributed by atoms with Crippen molar-refractivity contribution in [1.82, 2.24) is 4.90 Å². The summed E-state index contributed by atoms with van der Waals surface area (Å²) < 4.78 is 0. The van der Waals surface area contributed by atoms with Crippen molar-refractivity contribution in [2.24, 2.45) is 0 Å². The van der Waals surface area contributed by atoms with E-state index >= 15 is 0 Å². The zero-order valence-electron chi connectivity index (χ0n) is 11.9. The molecular weight excluding hydrogens is 254 g/mol. The van der Waals surface area contributed by atoms with Crippen molar-refractivity contribution in [3.8, 4) is 0 Å². The number of hydrogen-bond acceptors (Lipinski definition) is 2. The highest BCUT2D eigenvalue weighted by Crippen LogP contribution is 2.23.